The van der Waals surface area contributed by atoms with Crippen LogP contribution in [0.25, 0.3) is 0 Å². The van der Waals surface area contributed by atoms with E-state index in [1.165, 1.54) is 0 Å². The van der Waals surface area contributed by atoms with Gasteiger partial charge in [0.2, 0.25) is 5.91 Å². The number of halogens is 2. The Morgan fingerprint density at radius 1 is 1.07 bits per heavy atom. The Labute approximate surface area is 177 Å². The Bertz CT molecular complexity index is 711. The van der Waals surface area contributed by atoms with E-state index in [1.54, 1.807) is 31.7 Å². The zero-order valence-corrected chi connectivity index (χ0v) is 18.6. The summed E-state index contributed by atoms with van der Waals surface area (Å²) in [5.41, 5.74) is 0.369. The molecule has 0 bridgehead atoms. The summed E-state index contributed by atoms with van der Waals surface area (Å²) in [6, 6.07) is 4.91. The van der Waals surface area contributed by atoms with Crippen LogP contribution < -0.4 is 10.2 Å². The Hall–Kier alpha value is -1.66. The Balaban J connectivity index is 1.97. The van der Waals surface area contributed by atoms with Gasteiger partial charge in [0.15, 0.2) is 0 Å². The van der Waals surface area contributed by atoms with Crippen molar-refractivity contribution in [3.8, 4) is 0 Å². The number of carbonyl (C=O) groups is 2. The highest BCUT2D eigenvalue weighted by Crippen LogP contribution is 2.28. The van der Waals surface area contributed by atoms with Crippen LogP contribution in [-0.4, -0.2) is 54.7 Å². The van der Waals surface area contributed by atoms with Crippen molar-refractivity contribution in [2.45, 2.75) is 46.3 Å². The number of piperazine rings is 1. The first kappa shape index (κ1) is 22.6. The van der Waals surface area contributed by atoms with E-state index in [4.69, 9.17) is 27.9 Å². The lowest BCUT2D eigenvalue weighted by atomic mass is 10.0. The number of anilines is 1. The van der Waals surface area contributed by atoms with Crippen molar-refractivity contribution in [1.82, 2.24) is 10.2 Å². The third-order valence-electron chi connectivity index (χ3n) is 4.46. The van der Waals surface area contributed by atoms with Gasteiger partial charge >= 0.3 is 6.09 Å². The van der Waals surface area contributed by atoms with Gasteiger partial charge in [0.25, 0.3) is 0 Å². The maximum absolute atomic E-state index is 13.0. The summed E-state index contributed by atoms with van der Waals surface area (Å²) in [6.45, 7) is 11.7. The van der Waals surface area contributed by atoms with Gasteiger partial charge in [0, 0.05) is 31.9 Å². The van der Waals surface area contributed by atoms with Gasteiger partial charge in [-0.2, -0.15) is 0 Å². The standard InChI is InChI=1S/C20H29Cl2N3O3/c1-13(2)17(23-19(27)28-20(3,4)5)18(26)25-10-8-24(9-11-25)14-6-7-15(21)16(22)12-14/h6-7,12-13,17H,8-11H2,1-5H3,(H,23,27). The predicted octanol–water partition coefficient (Wildman–Crippen LogP) is 4.19. The van der Waals surface area contributed by atoms with E-state index in [0.717, 1.165) is 5.69 Å². The number of rotatable bonds is 4. The zero-order chi connectivity index (χ0) is 21.1. The summed E-state index contributed by atoms with van der Waals surface area (Å²) < 4.78 is 5.30. The van der Waals surface area contributed by atoms with Crippen LogP contribution in [0.15, 0.2) is 18.2 Å². The number of amides is 2. The average Bonchev–Trinajstić information content (AvgIpc) is 2.60. The number of hydrogen-bond acceptors (Lipinski definition) is 4. The molecule has 1 atom stereocenters. The highest BCUT2D eigenvalue weighted by atomic mass is 35.5. The molecule has 2 rings (SSSR count). The minimum Gasteiger partial charge on any atom is -0.444 e. The van der Waals surface area contributed by atoms with Crippen molar-refractivity contribution in [2.24, 2.45) is 5.92 Å². The third-order valence-corrected chi connectivity index (χ3v) is 5.20. The molecule has 1 fully saturated rings. The molecule has 0 aliphatic carbocycles. The largest absolute Gasteiger partial charge is 0.444 e. The van der Waals surface area contributed by atoms with Crippen molar-refractivity contribution in [1.29, 1.82) is 0 Å². The van der Waals surface area contributed by atoms with E-state index in [9.17, 15) is 9.59 Å². The molecule has 156 valence electrons. The van der Waals surface area contributed by atoms with E-state index in [0.29, 0.717) is 36.2 Å². The fourth-order valence-electron chi connectivity index (χ4n) is 3.01. The Morgan fingerprint density at radius 3 is 2.18 bits per heavy atom. The number of nitrogens with one attached hydrogen (secondary N) is 1. The quantitative estimate of drug-likeness (QED) is 0.778. The van der Waals surface area contributed by atoms with Crippen LogP contribution in [0, 0.1) is 5.92 Å². The van der Waals surface area contributed by atoms with Crippen LogP contribution in [-0.2, 0) is 9.53 Å². The highest BCUT2D eigenvalue weighted by molar-refractivity contribution is 6.42. The molecule has 0 aromatic heterocycles. The molecule has 1 aromatic rings. The predicted molar refractivity (Wildman–Crippen MR) is 113 cm³/mol. The first-order valence-electron chi connectivity index (χ1n) is 9.46. The summed E-state index contributed by atoms with van der Waals surface area (Å²) in [5, 5.41) is 3.76. The minimum absolute atomic E-state index is 0.0480. The van der Waals surface area contributed by atoms with Crippen LogP contribution in [0.2, 0.25) is 10.0 Å². The molecule has 8 heteroatoms. The molecule has 1 N–H and O–H groups in total. The second kappa shape index (κ2) is 9.23. The molecule has 1 unspecified atom stereocenters. The lowest BCUT2D eigenvalue weighted by Crippen LogP contribution is -2.56. The Morgan fingerprint density at radius 2 is 1.68 bits per heavy atom. The highest BCUT2D eigenvalue weighted by Gasteiger charge is 2.32. The lowest BCUT2D eigenvalue weighted by molar-refractivity contribution is -0.134. The molecule has 0 spiro atoms. The smallest absolute Gasteiger partial charge is 0.408 e. The fourth-order valence-corrected chi connectivity index (χ4v) is 3.30. The first-order valence-corrected chi connectivity index (χ1v) is 10.2. The monoisotopic (exact) mass is 429 g/mol. The molecule has 1 aliphatic heterocycles. The first-order chi connectivity index (χ1) is 13.0. The van der Waals surface area contributed by atoms with Gasteiger partial charge in [-0.25, -0.2) is 4.79 Å². The summed E-state index contributed by atoms with van der Waals surface area (Å²) >= 11 is 12.1. The molecular formula is C20H29Cl2N3O3. The van der Waals surface area contributed by atoms with Crippen molar-refractivity contribution in [3.05, 3.63) is 28.2 Å². The van der Waals surface area contributed by atoms with Crippen molar-refractivity contribution in [3.63, 3.8) is 0 Å². The molecule has 6 nitrogen and oxygen atoms in total. The fraction of sp³-hybridized carbons (Fsp3) is 0.600. The SMILES string of the molecule is CC(C)C(NC(=O)OC(C)(C)C)C(=O)N1CCN(c2ccc(Cl)c(Cl)c2)CC1. The molecule has 1 aromatic carbocycles. The van der Waals surface area contributed by atoms with E-state index in [1.807, 2.05) is 26.0 Å². The van der Waals surface area contributed by atoms with Gasteiger partial charge in [-0.3, -0.25) is 4.79 Å². The third kappa shape index (κ3) is 6.17. The maximum Gasteiger partial charge on any atom is 0.408 e. The lowest BCUT2D eigenvalue weighted by Gasteiger charge is -2.38. The molecule has 1 heterocycles. The second-order valence-corrected chi connectivity index (χ2v) is 9.09. The number of hydrogen-bond donors (Lipinski definition) is 1. The number of benzene rings is 1. The summed E-state index contributed by atoms with van der Waals surface area (Å²) in [6.07, 6.45) is -0.575. The molecule has 0 radical (unpaired) electrons. The molecule has 1 aliphatic rings. The number of carbonyl (C=O) groups excluding carboxylic acids is 2. The summed E-state index contributed by atoms with van der Waals surface area (Å²) in [4.78, 5) is 29.1. The van der Waals surface area contributed by atoms with Crippen LogP contribution in [0.1, 0.15) is 34.6 Å². The van der Waals surface area contributed by atoms with Crippen LogP contribution in [0.3, 0.4) is 0 Å². The number of alkyl carbamates (subject to hydrolysis) is 1. The van der Waals surface area contributed by atoms with Crippen LogP contribution in [0.5, 0.6) is 0 Å². The van der Waals surface area contributed by atoms with E-state index in [-0.39, 0.29) is 11.8 Å². The van der Waals surface area contributed by atoms with Crippen LogP contribution in [0.4, 0.5) is 10.5 Å². The van der Waals surface area contributed by atoms with Gasteiger partial charge in [-0.05, 0) is 44.9 Å². The molecular weight excluding hydrogens is 401 g/mol. The van der Waals surface area contributed by atoms with Gasteiger partial charge in [-0.1, -0.05) is 37.0 Å². The summed E-state index contributed by atoms with van der Waals surface area (Å²) in [5.74, 6) is -0.136. The number of ether oxygens (including phenoxy) is 1. The topological polar surface area (TPSA) is 61.9 Å². The van der Waals surface area contributed by atoms with Gasteiger partial charge in [0.05, 0.1) is 10.0 Å². The van der Waals surface area contributed by atoms with Crippen molar-refractivity contribution >= 4 is 40.9 Å². The number of nitrogens with zero attached hydrogens (tertiary/aromatic N) is 2. The van der Waals surface area contributed by atoms with Crippen molar-refractivity contribution in [2.75, 3.05) is 31.1 Å². The maximum atomic E-state index is 13.0. The Kier molecular flexibility index (Phi) is 7.46. The average molecular weight is 430 g/mol. The van der Waals surface area contributed by atoms with E-state index in [2.05, 4.69) is 10.2 Å². The molecule has 1 saturated heterocycles. The summed E-state index contributed by atoms with van der Waals surface area (Å²) in [7, 11) is 0. The van der Waals surface area contributed by atoms with E-state index < -0.39 is 17.7 Å². The van der Waals surface area contributed by atoms with Gasteiger partial charge < -0.3 is 19.9 Å². The zero-order valence-electron chi connectivity index (χ0n) is 17.1. The van der Waals surface area contributed by atoms with Gasteiger partial charge in [0.1, 0.15) is 11.6 Å². The molecule has 0 saturated carbocycles. The van der Waals surface area contributed by atoms with Crippen LogP contribution >= 0.6 is 23.2 Å². The normalized spacial score (nSPS) is 16.1. The van der Waals surface area contributed by atoms with E-state index >= 15 is 0 Å². The molecule has 2 amide bonds. The second-order valence-electron chi connectivity index (χ2n) is 8.28. The molecule has 28 heavy (non-hydrogen) atoms. The van der Waals surface area contributed by atoms with Crippen molar-refractivity contribution < 1.29 is 14.3 Å². The van der Waals surface area contributed by atoms with Gasteiger partial charge in [-0.15, -0.1) is 0 Å². The minimum atomic E-state index is -0.619.